The monoisotopic (exact) mass is 185 g/mol. The second-order valence-electron chi connectivity index (χ2n) is 3.96. The van der Waals surface area contributed by atoms with Gasteiger partial charge in [0.25, 0.3) is 0 Å². The fraction of sp³-hybridized carbons (Fsp3) is 0.900. The number of rotatable bonds is 3. The van der Waals surface area contributed by atoms with Gasteiger partial charge in [-0.15, -0.1) is 0 Å². The third kappa shape index (κ3) is 4.27. The summed E-state index contributed by atoms with van der Waals surface area (Å²) in [6.07, 6.45) is 2.93. The van der Waals surface area contributed by atoms with Crippen LogP contribution >= 0.6 is 0 Å². The van der Waals surface area contributed by atoms with Crippen LogP contribution in [0, 0.1) is 5.92 Å². The Balaban J connectivity index is 2.18. The molecule has 0 aromatic heterocycles. The van der Waals surface area contributed by atoms with Crippen LogP contribution in [0.3, 0.4) is 0 Å². The van der Waals surface area contributed by atoms with Crippen molar-refractivity contribution in [2.24, 2.45) is 5.92 Å². The zero-order valence-corrected chi connectivity index (χ0v) is 8.51. The molecule has 76 valence electrons. The lowest BCUT2D eigenvalue weighted by atomic mass is 9.96. The predicted molar refractivity (Wildman–Crippen MR) is 51.4 cm³/mol. The molecule has 13 heavy (non-hydrogen) atoms. The van der Waals surface area contributed by atoms with Crippen molar-refractivity contribution in [3.05, 3.63) is 0 Å². The maximum atomic E-state index is 11.3. The number of nitrogens with one attached hydrogen (secondary N) is 1. The second kappa shape index (κ2) is 5.22. The first-order chi connectivity index (χ1) is 6.18. The van der Waals surface area contributed by atoms with Gasteiger partial charge in [0.1, 0.15) is 0 Å². The number of hydrogen-bond acceptors (Lipinski definition) is 3. The van der Waals surface area contributed by atoms with Crippen molar-refractivity contribution in [3.8, 4) is 0 Å². The van der Waals surface area contributed by atoms with Gasteiger partial charge in [-0.25, -0.2) is 0 Å². The SMILES string of the molecule is CC(C)OC(=O)C[C@@H]1CCCNC1. The predicted octanol–water partition coefficient (Wildman–Crippen LogP) is 1.33. The highest BCUT2D eigenvalue weighted by Gasteiger charge is 2.17. The summed E-state index contributed by atoms with van der Waals surface area (Å²) in [7, 11) is 0. The highest BCUT2D eigenvalue weighted by Crippen LogP contribution is 2.14. The van der Waals surface area contributed by atoms with Crippen molar-refractivity contribution in [1.82, 2.24) is 5.32 Å². The van der Waals surface area contributed by atoms with Crippen LogP contribution in [-0.2, 0) is 9.53 Å². The number of ether oxygens (including phenoxy) is 1. The topological polar surface area (TPSA) is 38.3 Å². The van der Waals surface area contributed by atoms with Crippen molar-refractivity contribution in [3.63, 3.8) is 0 Å². The van der Waals surface area contributed by atoms with E-state index in [1.165, 1.54) is 6.42 Å². The van der Waals surface area contributed by atoms with E-state index < -0.39 is 0 Å². The zero-order valence-electron chi connectivity index (χ0n) is 8.51. The Hall–Kier alpha value is -0.570. The van der Waals surface area contributed by atoms with E-state index in [2.05, 4.69) is 5.32 Å². The first kappa shape index (κ1) is 10.5. The first-order valence-electron chi connectivity index (χ1n) is 5.08. The Morgan fingerprint density at radius 3 is 2.92 bits per heavy atom. The lowest BCUT2D eigenvalue weighted by molar-refractivity contribution is -0.148. The summed E-state index contributed by atoms with van der Waals surface area (Å²) in [6, 6.07) is 0. The Morgan fingerprint density at radius 1 is 1.62 bits per heavy atom. The van der Waals surface area contributed by atoms with Crippen molar-refractivity contribution in [1.29, 1.82) is 0 Å². The molecular formula is C10H19NO2. The smallest absolute Gasteiger partial charge is 0.306 e. The molecule has 0 aromatic rings. The standard InChI is InChI=1S/C10H19NO2/c1-8(2)13-10(12)6-9-4-3-5-11-7-9/h8-9,11H,3-7H2,1-2H3/t9-/m0/s1. The molecule has 0 amide bonds. The molecule has 1 saturated heterocycles. The summed E-state index contributed by atoms with van der Waals surface area (Å²) < 4.78 is 5.09. The van der Waals surface area contributed by atoms with Gasteiger partial charge in [0.05, 0.1) is 6.10 Å². The van der Waals surface area contributed by atoms with Gasteiger partial charge in [0.2, 0.25) is 0 Å². The molecule has 1 heterocycles. The summed E-state index contributed by atoms with van der Waals surface area (Å²) in [5, 5.41) is 3.29. The van der Waals surface area contributed by atoms with Crippen molar-refractivity contribution in [2.45, 2.75) is 39.2 Å². The van der Waals surface area contributed by atoms with Gasteiger partial charge < -0.3 is 10.1 Å². The molecule has 3 heteroatoms. The van der Waals surface area contributed by atoms with E-state index in [0.29, 0.717) is 12.3 Å². The third-order valence-corrected chi connectivity index (χ3v) is 2.22. The second-order valence-corrected chi connectivity index (χ2v) is 3.96. The van der Waals surface area contributed by atoms with Gasteiger partial charge in [-0.2, -0.15) is 0 Å². The molecule has 0 radical (unpaired) electrons. The third-order valence-electron chi connectivity index (χ3n) is 2.22. The number of carbonyl (C=O) groups is 1. The molecule has 0 spiro atoms. The maximum Gasteiger partial charge on any atom is 0.306 e. The lowest BCUT2D eigenvalue weighted by Crippen LogP contribution is -2.31. The minimum Gasteiger partial charge on any atom is -0.463 e. The molecule has 1 aliphatic heterocycles. The van der Waals surface area contributed by atoms with E-state index in [0.717, 1.165) is 19.5 Å². The molecular weight excluding hydrogens is 166 g/mol. The van der Waals surface area contributed by atoms with Gasteiger partial charge in [0, 0.05) is 6.42 Å². The maximum absolute atomic E-state index is 11.3. The van der Waals surface area contributed by atoms with Crippen LogP contribution in [0.2, 0.25) is 0 Å². The van der Waals surface area contributed by atoms with Gasteiger partial charge in [-0.1, -0.05) is 0 Å². The van der Waals surface area contributed by atoms with Crippen molar-refractivity contribution >= 4 is 5.97 Å². The van der Waals surface area contributed by atoms with Gasteiger partial charge in [0.15, 0.2) is 0 Å². The highest BCUT2D eigenvalue weighted by atomic mass is 16.5. The van der Waals surface area contributed by atoms with Gasteiger partial charge in [-0.3, -0.25) is 4.79 Å². The minimum atomic E-state index is -0.0521. The van der Waals surface area contributed by atoms with Crippen LogP contribution in [0.25, 0.3) is 0 Å². The molecule has 1 aliphatic rings. The number of esters is 1. The minimum absolute atomic E-state index is 0.0176. The van der Waals surface area contributed by atoms with E-state index in [4.69, 9.17) is 4.74 Å². The Morgan fingerprint density at radius 2 is 2.38 bits per heavy atom. The molecule has 3 nitrogen and oxygen atoms in total. The lowest BCUT2D eigenvalue weighted by Gasteiger charge is -2.22. The number of piperidine rings is 1. The van der Waals surface area contributed by atoms with Crippen molar-refractivity contribution < 1.29 is 9.53 Å². The van der Waals surface area contributed by atoms with Crippen LogP contribution in [0.15, 0.2) is 0 Å². The Kier molecular flexibility index (Phi) is 4.22. The normalized spacial score (nSPS) is 23.2. The van der Waals surface area contributed by atoms with E-state index in [-0.39, 0.29) is 12.1 Å². The first-order valence-corrected chi connectivity index (χ1v) is 5.08. The van der Waals surface area contributed by atoms with E-state index in [1.807, 2.05) is 13.8 Å². The summed E-state index contributed by atoms with van der Waals surface area (Å²) in [5.41, 5.74) is 0. The van der Waals surface area contributed by atoms with Gasteiger partial charge in [-0.05, 0) is 45.7 Å². The largest absolute Gasteiger partial charge is 0.463 e. The fourth-order valence-electron chi connectivity index (χ4n) is 1.64. The number of carbonyl (C=O) groups excluding carboxylic acids is 1. The average molecular weight is 185 g/mol. The summed E-state index contributed by atoms with van der Waals surface area (Å²) in [6.45, 7) is 5.83. The molecule has 1 N–H and O–H groups in total. The fourth-order valence-corrected chi connectivity index (χ4v) is 1.64. The van der Waals surface area contributed by atoms with Crippen LogP contribution in [0.1, 0.15) is 33.1 Å². The molecule has 1 fully saturated rings. The van der Waals surface area contributed by atoms with Gasteiger partial charge >= 0.3 is 5.97 Å². The molecule has 1 atom stereocenters. The van der Waals surface area contributed by atoms with Crippen LogP contribution in [-0.4, -0.2) is 25.2 Å². The summed E-state index contributed by atoms with van der Waals surface area (Å²) in [4.78, 5) is 11.3. The molecule has 0 aromatic carbocycles. The van der Waals surface area contributed by atoms with Crippen LogP contribution < -0.4 is 5.32 Å². The van der Waals surface area contributed by atoms with Crippen LogP contribution in [0.4, 0.5) is 0 Å². The number of hydrogen-bond donors (Lipinski definition) is 1. The molecule has 0 bridgehead atoms. The Labute approximate surface area is 79.8 Å². The quantitative estimate of drug-likeness (QED) is 0.674. The molecule has 0 saturated carbocycles. The van der Waals surface area contributed by atoms with Crippen LogP contribution in [0.5, 0.6) is 0 Å². The molecule has 0 aliphatic carbocycles. The Bertz CT molecular complexity index is 162. The summed E-state index contributed by atoms with van der Waals surface area (Å²) in [5.74, 6) is 0.434. The van der Waals surface area contributed by atoms with E-state index >= 15 is 0 Å². The zero-order chi connectivity index (χ0) is 9.68. The van der Waals surface area contributed by atoms with Crippen molar-refractivity contribution in [2.75, 3.05) is 13.1 Å². The summed E-state index contributed by atoms with van der Waals surface area (Å²) >= 11 is 0. The van der Waals surface area contributed by atoms with E-state index in [1.54, 1.807) is 0 Å². The van der Waals surface area contributed by atoms with E-state index in [9.17, 15) is 4.79 Å². The average Bonchev–Trinajstić information content (AvgIpc) is 2.04. The molecule has 1 rings (SSSR count). The molecule has 0 unspecified atom stereocenters. The highest BCUT2D eigenvalue weighted by molar-refractivity contribution is 5.69.